The summed E-state index contributed by atoms with van der Waals surface area (Å²) in [7, 11) is -3.68. The first-order valence-corrected chi connectivity index (χ1v) is 18.7. The molecule has 1 aliphatic carbocycles. The molecular weight excluding hydrogens is 646 g/mol. The number of aliphatic hydroxyl groups is 3. The SMILES string of the molecule is CC(C)N(CCS(=O)(=O)NCc1nc(NCC(c2ccccc2)c2ccccc2)c2ncn([C@@H]3OC(CO)[C@@H](O)[C@H]3O)c2n1)C1CCCC1. The van der Waals surface area contributed by atoms with Crippen LogP contribution in [0, 0.1) is 0 Å². The predicted octanol–water partition coefficient (Wildman–Crippen LogP) is 2.75. The van der Waals surface area contributed by atoms with Crippen molar-refractivity contribution < 1.29 is 28.5 Å². The molecule has 2 fully saturated rings. The molecule has 0 bridgehead atoms. The van der Waals surface area contributed by atoms with E-state index in [1.165, 1.54) is 23.7 Å². The van der Waals surface area contributed by atoms with E-state index < -0.39 is 41.2 Å². The first-order valence-electron chi connectivity index (χ1n) is 17.1. The molecule has 1 saturated heterocycles. The van der Waals surface area contributed by atoms with Crippen LogP contribution in [0.3, 0.4) is 0 Å². The van der Waals surface area contributed by atoms with E-state index in [1.807, 2.05) is 36.4 Å². The van der Waals surface area contributed by atoms with Crippen molar-refractivity contribution in [1.29, 1.82) is 0 Å². The van der Waals surface area contributed by atoms with E-state index in [-0.39, 0.29) is 35.7 Å². The maximum Gasteiger partial charge on any atom is 0.213 e. The minimum Gasteiger partial charge on any atom is -0.394 e. The first-order chi connectivity index (χ1) is 23.6. The fraction of sp³-hybridized carbons (Fsp3) is 0.514. The quantitative estimate of drug-likeness (QED) is 0.124. The Hall–Kier alpha value is -3.50. The lowest BCUT2D eigenvalue weighted by Crippen LogP contribution is -2.43. The van der Waals surface area contributed by atoms with E-state index in [2.05, 4.69) is 63.0 Å². The van der Waals surface area contributed by atoms with Crippen LogP contribution >= 0.6 is 0 Å². The number of rotatable bonds is 15. The highest BCUT2D eigenvalue weighted by atomic mass is 32.2. The van der Waals surface area contributed by atoms with Crippen molar-refractivity contribution >= 4 is 27.0 Å². The summed E-state index contributed by atoms with van der Waals surface area (Å²) in [6, 6.07) is 20.8. The van der Waals surface area contributed by atoms with Crippen molar-refractivity contribution in [2.45, 2.75) is 88.6 Å². The highest BCUT2D eigenvalue weighted by Gasteiger charge is 2.44. The minimum absolute atomic E-state index is 0.0410. The standard InChI is InChI=1S/C35H47N7O6S/c1-23(2)41(26-15-9-10-16-26)17-18-49(46,47)38-20-29-39-33(36-19-27(24-11-5-3-6-12-24)25-13-7-4-8-14-25)30-34(40-29)42(22-37-30)35-32(45)31(44)28(21-43)48-35/h3-8,11-14,22-23,26-28,31-32,35,38,43-45H,9-10,15-21H2,1-2H3,(H,36,39,40)/t28?,31-,32-,35-/m1/s1. The number of sulfonamides is 1. The molecule has 0 amide bonds. The van der Waals surface area contributed by atoms with E-state index in [0.717, 1.165) is 24.0 Å². The second-order valence-electron chi connectivity index (χ2n) is 13.2. The van der Waals surface area contributed by atoms with Crippen LogP contribution in [0.5, 0.6) is 0 Å². The van der Waals surface area contributed by atoms with Gasteiger partial charge in [0, 0.05) is 31.1 Å². The third-order valence-corrected chi connectivity index (χ3v) is 11.0. The van der Waals surface area contributed by atoms with Gasteiger partial charge in [0.2, 0.25) is 10.0 Å². The Bertz CT molecular complexity index is 1730. The van der Waals surface area contributed by atoms with Crippen molar-refractivity contribution in [1.82, 2.24) is 29.1 Å². The molecule has 1 saturated carbocycles. The summed E-state index contributed by atoms with van der Waals surface area (Å²) in [5, 5.41) is 34.4. The van der Waals surface area contributed by atoms with Gasteiger partial charge < -0.3 is 25.4 Å². The number of anilines is 1. The summed E-state index contributed by atoms with van der Waals surface area (Å²) in [6.07, 6.45) is 1.23. The summed E-state index contributed by atoms with van der Waals surface area (Å²) >= 11 is 0. The molecule has 3 heterocycles. The molecule has 4 aromatic rings. The van der Waals surface area contributed by atoms with E-state index in [1.54, 1.807) is 0 Å². The third kappa shape index (κ3) is 8.12. The van der Waals surface area contributed by atoms with Crippen molar-refractivity contribution in [3.8, 4) is 0 Å². The number of ether oxygens (including phenoxy) is 1. The Morgan fingerprint density at radius 1 is 0.980 bits per heavy atom. The summed E-state index contributed by atoms with van der Waals surface area (Å²) in [5.41, 5.74) is 2.87. The van der Waals surface area contributed by atoms with Crippen molar-refractivity contribution in [2.24, 2.45) is 0 Å². The van der Waals surface area contributed by atoms with Gasteiger partial charge in [-0.05, 0) is 37.8 Å². The number of imidazole rings is 1. The lowest BCUT2D eigenvalue weighted by molar-refractivity contribution is -0.0511. The molecule has 5 N–H and O–H groups in total. The molecule has 1 aliphatic heterocycles. The lowest BCUT2D eigenvalue weighted by atomic mass is 9.91. The molecule has 1 unspecified atom stereocenters. The van der Waals surface area contributed by atoms with Gasteiger partial charge in [-0.2, -0.15) is 0 Å². The third-order valence-electron chi connectivity index (χ3n) is 9.66. The number of aromatic nitrogens is 4. The average molecular weight is 694 g/mol. The summed E-state index contributed by atoms with van der Waals surface area (Å²) in [6.45, 7) is 4.44. The van der Waals surface area contributed by atoms with Crippen LogP contribution in [0.2, 0.25) is 0 Å². The molecule has 49 heavy (non-hydrogen) atoms. The van der Waals surface area contributed by atoms with Gasteiger partial charge in [0.05, 0.1) is 25.2 Å². The van der Waals surface area contributed by atoms with E-state index in [4.69, 9.17) is 9.72 Å². The monoisotopic (exact) mass is 693 g/mol. The summed E-state index contributed by atoms with van der Waals surface area (Å²) < 4.78 is 36.5. The predicted molar refractivity (Wildman–Crippen MR) is 186 cm³/mol. The topological polar surface area (TPSA) is 175 Å². The maximum absolute atomic E-state index is 13.3. The van der Waals surface area contributed by atoms with E-state index in [9.17, 15) is 23.7 Å². The fourth-order valence-corrected chi connectivity index (χ4v) is 7.97. The van der Waals surface area contributed by atoms with E-state index >= 15 is 0 Å². The van der Waals surface area contributed by atoms with Gasteiger partial charge in [0.1, 0.15) is 24.1 Å². The van der Waals surface area contributed by atoms with Crippen LogP contribution in [-0.2, 0) is 21.3 Å². The number of nitrogens with one attached hydrogen (secondary N) is 2. The maximum atomic E-state index is 13.3. The van der Waals surface area contributed by atoms with Gasteiger partial charge in [-0.1, -0.05) is 73.5 Å². The van der Waals surface area contributed by atoms with Crippen molar-refractivity contribution in [3.63, 3.8) is 0 Å². The molecule has 4 atom stereocenters. The Kier molecular flexibility index (Phi) is 11.2. The van der Waals surface area contributed by atoms with Crippen LogP contribution in [-0.4, -0.2) is 104 Å². The van der Waals surface area contributed by atoms with Crippen LogP contribution < -0.4 is 10.0 Å². The van der Waals surface area contributed by atoms with Crippen LogP contribution in [0.25, 0.3) is 11.2 Å². The van der Waals surface area contributed by atoms with Crippen LogP contribution in [0.15, 0.2) is 67.0 Å². The second-order valence-corrected chi connectivity index (χ2v) is 15.1. The highest BCUT2D eigenvalue weighted by Crippen LogP contribution is 2.33. The number of fused-ring (bicyclic) bond motifs is 1. The van der Waals surface area contributed by atoms with Gasteiger partial charge in [-0.3, -0.25) is 9.47 Å². The highest BCUT2D eigenvalue weighted by molar-refractivity contribution is 7.89. The fourth-order valence-electron chi connectivity index (χ4n) is 7.03. The van der Waals surface area contributed by atoms with Crippen molar-refractivity contribution in [2.75, 3.05) is 30.8 Å². The van der Waals surface area contributed by atoms with Gasteiger partial charge in [-0.25, -0.2) is 28.1 Å². The second kappa shape index (κ2) is 15.6. The van der Waals surface area contributed by atoms with Crippen molar-refractivity contribution in [3.05, 3.63) is 83.9 Å². The number of benzene rings is 2. The molecule has 6 rings (SSSR count). The first kappa shape index (κ1) is 35.3. The Labute approximate surface area is 287 Å². The zero-order valence-electron chi connectivity index (χ0n) is 28.0. The molecule has 14 heteroatoms. The largest absolute Gasteiger partial charge is 0.394 e. The van der Waals surface area contributed by atoms with Gasteiger partial charge in [0.15, 0.2) is 23.2 Å². The molecule has 0 radical (unpaired) electrons. The molecule has 13 nitrogen and oxygen atoms in total. The summed E-state index contributed by atoms with van der Waals surface area (Å²) in [4.78, 5) is 16.2. The molecule has 2 aliphatic rings. The normalized spacial score (nSPS) is 21.9. The Morgan fingerprint density at radius 2 is 1.63 bits per heavy atom. The van der Waals surface area contributed by atoms with Gasteiger partial charge >= 0.3 is 0 Å². The molecule has 264 valence electrons. The van der Waals surface area contributed by atoms with Crippen LogP contribution in [0.1, 0.15) is 68.6 Å². The number of nitrogens with zero attached hydrogens (tertiary/aromatic N) is 5. The zero-order valence-corrected chi connectivity index (χ0v) is 28.8. The van der Waals surface area contributed by atoms with Gasteiger partial charge in [-0.15, -0.1) is 0 Å². The van der Waals surface area contributed by atoms with E-state index in [0.29, 0.717) is 30.5 Å². The smallest absolute Gasteiger partial charge is 0.213 e. The molecular formula is C35H47N7O6S. The Balaban J connectivity index is 1.28. The zero-order chi connectivity index (χ0) is 34.5. The summed E-state index contributed by atoms with van der Waals surface area (Å²) in [5.74, 6) is 0.486. The minimum atomic E-state index is -3.68. The number of hydrogen-bond donors (Lipinski definition) is 5. The number of hydrogen-bond acceptors (Lipinski definition) is 11. The number of aliphatic hydroxyl groups excluding tert-OH is 3. The molecule has 0 spiro atoms. The lowest BCUT2D eigenvalue weighted by Gasteiger charge is -2.32. The van der Waals surface area contributed by atoms with Crippen LogP contribution in [0.4, 0.5) is 5.82 Å². The molecule has 2 aromatic heterocycles. The van der Waals surface area contributed by atoms with Gasteiger partial charge in [0.25, 0.3) is 0 Å². The Morgan fingerprint density at radius 3 is 2.22 bits per heavy atom. The average Bonchev–Trinajstić information content (AvgIpc) is 3.85. The molecule has 2 aromatic carbocycles.